The van der Waals surface area contributed by atoms with Crippen LogP contribution in [0.25, 0.3) is 76.9 Å². The molecule has 0 N–H and O–H groups in total. The Morgan fingerprint density at radius 3 is 1.83 bits per heavy atom. The molecule has 0 radical (unpaired) electrons. The van der Waals surface area contributed by atoms with Crippen molar-refractivity contribution in [1.29, 1.82) is 0 Å². The van der Waals surface area contributed by atoms with E-state index >= 15 is 0 Å². The van der Waals surface area contributed by atoms with Crippen molar-refractivity contribution in [1.82, 2.24) is 9.13 Å². The highest BCUT2D eigenvalue weighted by atomic mass is 15.0. The van der Waals surface area contributed by atoms with Crippen LogP contribution in [-0.2, 0) is 16.2 Å². The zero-order chi connectivity index (χ0) is 36.0. The molecular weight excluding hydrogens is 641 g/mol. The van der Waals surface area contributed by atoms with E-state index in [4.69, 9.17) is 0 Å². The summed E-state index contributed by atoms with van der Waals surface area (Å²) in [5.74, 6) is 0. The van der Waals surface area contributed by atoms with Gasteiger partial charge in [0.15, 0.2) is 0 Å². The number of benzene rings is 7. The third kappa shape index (κ3) is 4.10. The maximum atomic E-state index is 2.58. The van der Waals surface area contributed by atoms with E-state index < -0.39 is 0 Å². The van der Waals surface area contributed by atoms with E-state index in [1.54, 1.807) is 0 Å². The molecule has 11 rings (SSSR count). The molecular formula is C51H44N2. The molecule has 2 aliphatic rings. The predicted molar refractivity (Wildman–Crippen MR) is 225 cm³/mol. The Morgan fingerprint density at radius 2 is 1.02 bits per heavy atom. The topological polar surface area (TPSA) is 9.86 Å². The minimum atomic E-state index is -0.0362. The zero-order valence-electron chi connectivity index (χ0n) is 31.5. The van der Waals surface area contributed by atoms with Gasteiger partial charge in [0.25, 0.3) is 0 Å². The van der Waals surface area contributed by atoms with Gasteiger partial charge in [-0.05, 0) is 122 Å². The van der Waals surface area contributed by atoms with Gasteiger partial charge in [-0.3, -0.25) is 0 Å². The summed E-state index contributed by atoms with van der Waals surface area (Å²) in [5, 5.41) is 7.85. The van der Waals surface area contributed by atoms with E-state index in [2.05, 4.69) is 184 Å². The first-order valence-corrected chi connectivity index (χ1v) is 19.3. The fraction of sp³-hybridized carbons (Fsp3) is 0.216. The molecule has 9 aromatic rings. The molecule has 0 saturated carbocycles. The SMILES string of the molecule is CC1(C)CCC(C)(C)c2cc3c(cc21)c1cc2c4c5ccccc5ccc4n(-c4ccccc4)c2cc1n3-c1ccc2c(c1)-c1ccccc1C2(C)C. The van der Waals surface area contributed by atoms with Gasteiger partial charge in [-0.1, -0.05) is 120 Å². The molecule has 0 amide bonds. The number of hydrogen-bond donors (Lipinski definition) is 0. The molecule has 0 atom stereocenters. The number of nitrogens with zero attached hydrogens (tertiary/aromatic N) is 2. The first-order valence-electron chi connectivity index (χ1n) is 19.3. The molecule has 0 saturated heterocycles. The molecule has 258 valence electrons. The quantitative estimate of drug-likeness (QED) is 0.172. The number of para-hydroxylation sites is 1. The predicted octanol–water partition coefficient (Wildman–Crippen LogP) is 13.7. The second kappa shape index (κ2) is 10.3. The Kier molecular flexibility index (Phi) is 6.01. The average molecular weight is 685 g/mol. The summed E-state index contributed by atoms with van der Waals surface area (Å²) in [6.07, 6.45) is 2.38. The van der Waals surface area contributed by atoms with Crippen molar-refractivity contribution < 1.29 is 0 Å². The van der Waals surface area contributed by atoms with Gasteiger partial charge in [0, 0.05) is 38.3 Å². The highest BCUT2D eigenvalue weighted by Gasteiger charge is 2.39. The van der Waals surface area contributed by atoms with Crippen molar-refractivity contribution in [2.24, 2.45) is 0 Å². The van der Waals surface area contributed by atoms with E-state index in [1.807, 2.05) is 0 Å². The second-order valence-corrected chi connectivity index (χ2v) is 17.7. The Balaban J connectivity index is 1.32. The molecule has 0 fully saturated rings. The maximum Gasteiger partial charge on any atom is 0.0562 e. The highest BCUT2D eigenvalue weighted by Crippen LogP contribution is 2.52. The summed E-state index contributed by atoms with van der Waals surface area (Å²) in [5.41, 5.74) is 16.1. The monoisotopic (exact) mass is 684 g/mol. The van der Waals surface area contributed by atoms with Gasteiger partial charge in [0.1, 0.15) is 0 Å². The average Bonchev–Trinajstić information content (AvgIpc) is 3.75. The van der Waals surface area contributed by atoms with Gasteiger partial charge in [0.05, 0.1) is 22.1 Å². The van der Waals surface area contributed by atoms with Crippen molar-refractivity contribution in [2.75, 3.05) is 0 Å². The number of rotatable bonds is 2. The number of hydrogen-bond acceptors (Lipinski definition) is 0. The fourth-order valence-electron chi connectivity index (χ4n) is 10.3. The first-order chi connectivity index (χ1) is 25.5. The van der Waals surface area contributed by atoms with Gasteiger partial charge < -0.3 is 9.13 Å². The molecule has 0 spiro atoms. The minimum Gasteiger partial charge on any atom is -0.309 e. The van der Waals surface area contributed by atoms with Crippen LogP contribution < -0.4 is 0 Å². The lowest BCUT2D eigenvalue weighted by Crippen LogP contribution is -2.33. The van der Waals surface area contributed by atoms with Crippen LogP contribution in [0.2, 0.25) is 0 Å². The van der Waals surface area contributed by atoms with Gasteiger partial charge >= 0.3 is 0 Å². The summed E-state index contributed by atoms with van der Waals surface area (Å²) in [6, 6.07) is 50.8. The Morgan fingerprint density at radius 1 is 0.396 bits per heavy atom. The van der Waals surface area contributed by atoms with Crippen LogP contribution in [0.4, 0.5) is 0 Å². The number of aromatic nitrogens is 2. The summed E-state index contributed by atoms with van der Waals surface area (Å²) >= 11 is 0. The lowest BCUT2D eigenvalue weighted by molar-refractivity contribution is 0.332. The van der Waals surface area contributed by atoms with Crippen molar-refractivity contribution in [2.45, 2.75) is 70.6 Å². The molecule has 2 heteroatoms. The van der Waals surface area contributed by atoms with Crippen molar-refractivity contribution in [3.8, 4) is 22.5 Å². The Hall–Kier alpha value is -5.60. The fourth-order valence-corrected chi connectivity index (χ4v) is 10.3. The molecule has 0 aliphatic heterocycles. The maximum absolute atomic E-state index is 2.58. The normalized spacial score (nSPS) is 16.8. The van der Waals surface area contributed by atoms with Crippen molar-refractivity contribution >= 4 is 54.4 Å². The third-order valence-corrected chi connectivity index (χ3v) is 13.4. The van der Waals surface area contributed by atoms with Crippen LogP contribution in [0.15, 0.2) is 133 Å². The summed E-state index contributed by atoms with van der Waals surface area (Å²) < 4.78 is 5.07. The van der Waals surface area contributed by atoms with Crippen LogP contribution >= 0.6 is 0 Å². The van der Waals surface area contributed by atoms with Gasteiger partial charge in [0.2, 0.25) is 0 Å². The molecule has 2 aromatic heterocycles. The standard InChI is InChI=1S/C51H44N2/c1-49(2)24-25-50(3,4)43-29-45-38(28-42(43)49)37-27-39-47(52(32-15-8-7-9-16-32)44-23-20-31-14-10-11-17-34(31)48(39)44)30-46(37)53(45)33-21-22-41-36(26-33)35-18-12-13-19-40(35)51(41,5)6/h7-23,26-30H,24-25H2,1-6H3. The summed E-state index contributed by atoms with van der Waals surface area (Å²) in [7, 11) is 0. The minimum absolute atomic E-state index is 0.0362. The molecule has 7 aromatic carbocycles. The van der Waals surface area contributed by atoms with Crippen molar-refractivity contribution in [3.05, 3.63) is 156 Å². The van der Waals surface area contributed by atoms with Gasteiger partial charge in [-0.15, -0.1) is 0 Å². The van der Waals surface area contributed by atoms with Crippen LogP contribution in [0.5, 0.6) is 0 Å². The highest BCUT2D eigenvalue weighted by molar-refractivity contribution is 6.25. The molecule has 2 nitrogen and oxygen atoms in total. The smallest absolute Gasteiger partial charge is 0.0562 e. The van der Waals surface area contributed by atoms with E-state index in [-0.39, 0.29) is 16.2 Å². The molecule has 0 unspecified atom stereocenters. The van der Waals surface area contributed by atoms with Crippen LogP contribution in [-0.4, -0.2) is 9.13 Å². The summed E-state index contributed by atoms with van der Waals surface area (Å²) in [6.45, 7) is 14.5. The van der Waals surface area contributed by atoms with E-state index in [0.717, 1.165) is 0 Å². The lowest BCUT2D eigenvalue weighted by atomic mass is 9.63. The molecule has 0 bridgehead atoms. The van der Waals surface area contributed by atoms with Crippen molar-refractivity contribution in [3.63, 3.8) is 0 Å². The van der Waals surface area contributed by atoms with Crippen LogP contribution in [0.1, 0.15) is 76.6 Å². The number of fused-ring (bicyclic) bond motifs is 12. The first kappa shape index (κ1) is 31.0. The molecule has 2 heterocycles. The van der Waals surface area contributed by atoms with Crippen LogP contribution in [0, 0.1) is 0 Å². The third-order valence-electron chi connectivity index (χ3n) is 13.4. The Labute approximate surface area is 311 Å². The van der Waals surface area contributed by atoms with Gasteiger partial charge in [-0.25, -0.2) is 0 Å². The van der Waals surface area contributed by atoms with E-state index in [1.165, 1.54) is 112 Å². The van der Waals surface area contributed by atoms with E-state index in [9.17, 15) is 0 Å². The molecule has 2 aliphatic carbocycles. The zero-order valence-corrected chi connectivity index (χ0v) is 31.5. The van der Waals surface area contributed by atoms with Gasteiger partial charge in [-0.2, -0.15) is 0 Å². The Bertz CT molecular complexity index is 3020. The molecule has 53 heavy (non-hydrogen) atoms. The lowest BCUT2D eigenvalue weighted by Gasteiger charge is -2.42. The largest absolute Gasteiger partial charge is 0.309 e. The summed E-state index contributed by atoms with van der Waals surface area (Å²) in [4.78, 5) is 0. The second-order valence-electron chi connectivity index (χ2n) is 17.7. The van der Waals surface area contributed by atoms with E-state index in [0.29, 0.717) is 0 Å². The van der Waals surface area contributed by atoms with Crippen LogP contribution in [0.3, 0.4) is 0 Å².